The Labute approximate surface area is 117 Å². The van der Waals surface area contributed by atoms with Gasteiger partial charge in [0.15, 0.2) is 0 Å². The average Bonchev–Trinajstić information content (AvgIpc) is 2.38. The van der Waals surface area contributed by atoms with E-state index in [0.717, 1.165) is 37.9 Å². The first-order valence-corrected chi connectivity index (χ1v) is 6.92. The SMILES string of the molecule is CC(O)(CC1CCCCN1)c1cccc(C(F)(F)F)c1. The topological polar surface area (TPSA) is 32.3 Å². The summed E-state index contributed by atoms with van der Waals surface area (Å²) in [4.78, 5) is 0. The predicted molar refractivity (Wildman–Crippen MR) is 71.3 cm³/mol. The molecule has 2 rings (SSSR count). The second-order valence-corrected chi connectivity index (χ2v) is 5.70. The zero-order chi connectivity index (χ0) is 14.8. The van der Waals surface area contributed by atoms with Gasteiger partial charge in [-0.15, -0.1) is 0 Å². The van der Waals surface area contributed by atoms with E-state index in [9.17, 15) is 18.3 Å². The standard InChI is InChI=1S/C15H20F3NO/c1-14(20,10-13-7-2-3-8-19-13)11-5-4-6-12(9-11)15(16,17)18/h4-6,9,13,19-20H,2-3,7-8,10H2,1H3. The van der Waals surface area contributed by atoms with Gasteiger partial charge in [0, 0.05) is 6.04 Å². The number of halogens is 3. The van der Waals surface area contributed by atoms with E-state index in [-0.39, 0.29) is 6.04 Å². The number of rotatable bonds is 3. The molecule has 5 heteroatoms. The summed E-state index contributed by atoms with van der Waals surface area (Å²) in [7, 11) is 0. The van der Waals surface area contributed by atoms with E-state index in [1.807, 2.05) is 0 Å². The van der Waals surface area contributed by atoms with Crippen molar-refractivity contribution in [2.75, 3.05) is 6.54 Å². The van der Waals surface area contributed by atoms with E-state index >= 15 is 0 Å². The first-order valence-electron chi connectivity index (χ1n) is 6.92. The molecule has 2 unspecified atom stereocenters. The molecule has 0 aliphatic carbocycles. The Balaban J connectivity index is 2.15. The van der Waals surface area contributed by atoms with Gasteiger partial charge in [-0.2, -0.15) is 13.2 Å². The van der Waals surface area contributed by atoms with Crippen LogP contribution in [0.5, 0.6) is 0 Å². The molecule has 0 radical (unpaired) electrons. The Morgan fingerprint density at radius 2 is 1.95 bits per heavy atom. The number of piperidine rings is 1. The molecule has 0 amide bonds. The van der Waals surface area contributed by atoms with Gasteiger partial charge in [0.25, 0.3) is 0 Å². The fourth-order valence-corrected chi connectivity index (χ4v) is 2.73. The van der Waals surface area contributed by atoms with Crippen molar-refractivity contribution in [3.63, 3.8) is 0 Å². The largest absolute Gasteiger partial charge is 0.416 e. The van der Waals surface area contributed by atoms with Crippen LogP contribution in [-0.2, 0) is 11.8 Å². The van der Waals surface area contributed by atoms with E-state index in [4.69, 9.17) is 0 Å². The normalized spacial score (nSPS) is 23.4. The molecule has 1 aromatic rings. The van der Waals surface area contributed by atoms with Crippen molar-refractivity contribution in [2.24, 2.45) is 0 Å². The molecule has 0 spiro atoms. The van der Waals surface area contributed by atoms with Crippen LogP contribution >= 0.6 is 0 Å². The summed E-state index contributed by atoms with van der Waals surface area (Å²) in [6.45, 7) is 2.49. The molecule has 2 N–H and O–H groups in total. The van der Waals surface area contributed by atoms with Crippen LogP contribution in [-0.4, -0.2) is 17.7 Å². The summed E-state index contributed by atoms with van der Waals surface area (Å²) < 4.78 is 38.2. The lowest BCUT2D eigenvalue weighted by atomic mass is 9.85. The molecule has 1 heterocycles. The molecule has 0 bridgehead atoms. The number of aliphatic hydroxyl groups is 1. The second-order valence-electron chi connectivity index (χ2n) is 5.70. The van der Waals surface area contributed by atoms with Crippen molar-refractivity contribution in [2.45, 2.75) is 50.4 Å². The number of nitrogens with one attached hydrogen (secondary N) is 1. The van der Waals surface area contributed by atoms with Crippen molar-refractivity contribution >= 4 is 0 Å². The summed E-state index contributed by atoms with van der Waals surface area (Å²) in [5.74, 6) is 0. The molecule has 1 aliphatic heterocycles. The monoisotopic (exact) mass is 287 g/mol. The van der Waals surface area contributed by atoms with Crippen LogP contribution in [0.4, 0.5) is 13.2 Å². The quantitative estimate of drug-likeness (QED) is 0.892. The molecule has 20 heavy (non-hydrogen) atoms. The molecule has 0 aromatic heterocycles. The van der Waals surface area contributed by atoms with Crippen molar-refractivity contribution < 1.29 is 18.3 Å². The molecule has 1 fully saturated rings. The maximum atomic E-state index is 12.7. The van der Waals surface area contributed by atoms with Gasteiger partial charge in [0.2, 0.25) is 0 Å². The van der Waals surface area contributed by atoms with Gasteiger partial charge < -0.3 is 10.4 Å². The minimum Gasteiger partial charge on any atom is -0.385 e. The third-order valence-corrected chi connectivity index (χ3v) is 3.87. The van der Waals surface area contributed by atoms with Crippen LogP contribution in [0.3, 0.4) is 0 Å². The summed E-state index contributed by atoms with van der Waals surface area (Å²) >= 11 is 0. The van der Waals surface area contributed by atoms with Gasteiger partial charge in [-0.25, -0.2) is 0 Å². The Hall–Kier alpha value is -1.07. The third kappa shape index (κ3) is 3.73. The van der Waals surface area contributed by atoms with Gasteiger partial charge in [-0.3, -0.25) is 0 Å². The maximum absolute atomic E-state index is 12.7. The van der Waals surface area contributed by atoms with Crippen LogP contribution in [0.25, 0.3) is 0 Å². The predicted octanol–water partition coefficient (Wildman–Crippen LogP) is 3.45. The number of hydrogen-bond donors (Lipinski definition) is 2. The summed E-state index contributed by atoms with van der Waals surface area (Å²) in [5.41, 5.74) is -1.65. The number of hydrogen-bond acceptors (Lipinski definition) is 2. The highest BCUT2D eigenvalue weighted by molar-refractivity contribution is 5.29. The van der Waals surface area contributed by atoms with Crippen molar-refractivity contribution in [1.82, 2.24) is 5.32 Å². The lowest BCUT2D eigenvalue weighted by Gasteiger charge is -2.32. The van der Waals surface area contributed by atoms with Gasteiger partial charge in [-0.1, -0.05) is 18.6 Å². The van der Waals surface area contributed by atoms with E-state index in [1.54, 1.807) is 13.0 Å². The van der Waals surface area contributed by atoms with Crippen molar-refractivity contribution in [1.29, 1.82) is 0 Å². The van der Waals surface area contributed by atoms with Crippen LogP contribution in [0.1, 0.15) is 43.7 Å². The van der Waals surface area contributed by atoms with Gasteiger partial charge in [-0.05, 0) is 50.4 Å². The lowest BCUT2D eigenvalue weighted by molar-refractivity contribution is -0.137. The fourth-order valence-electron chi connectivity index (χ4n) is 2.73. The highest BCUT2D eigenvalue weighted by atomic mass is 19.4. The molecule has 1 saturated heterocycles. The molecule has 0 saturated carbocycles. The summed E-state index contributed by atoms with van der Waals surface area (Å²) in [5, 5.41) is 13.8. The Bertz CT molecular complexity index is 451. The summed E-state index contributed by atoms with van der Waals surface area (Å²) in [6, 6.07) is 5.13. The molecule has 2 atom stereocenters. The molecule has 1 aliphatic rings. The Morgan fingerprint density at radius 1 is 1.25 bits per heavy atom. The average molecular weight is 287 g/mol. The Kier molecular flexibility index (Phi) is 4.39. The van der Waals surface area contributed by atoms with Crippen LogP contribution < -0.4 is 5.32 Å². The minimum absolute atomic E-state index is 0.160. The van der Waals surface area contributed by atoms with E-state index in [0.29, 0.717) is 12.0 Å². The molecule has 1 aromatic carbocycles. The van der Waals surface area contributed by atoms with Crippen LogP contribution in [0, 0.1) is 0 Å². The van der Waals surface area contributed by atoms with E-state index in [2.05, 4.69) is 5.32 Å². The lowest BCUT2D eigenvalue weighted by Crippen LogP contribution is -2.39. The highest BCUT2D eigenvalue weighted by Crippen LogP contribution is 2.34. The zero-order valence-corrected chi connectivity index (χ0v) is 11.5. The fraction of sp³-hybridized carbons (Fsp3) is 0.600. The minimum atomic E-state index is -4.38. The third-order valence-electron chi connectivity index (χ3n) is 3.87. The van der Waals surface area contributed by atoms with Crippen molar-refractivity contribution in [3.05, 3.63) is 35.4 Å². The van der Waals surface area contributed by atoms with Crippen LogP contribution in [0.15, 0.2) is 24.3 Å². The van der Waals surface area contributed by atoms with Crippen molar-refractivity contribution in [3.8, 4) is 0 Å². The van der Waals surface area contributed by atoms with E-state index < -0.39 is 17.3 Å². The smallest absolute Gasteiger partial charge is 0.385 e. The van der Waals surface area contributed by atoms with E-state index in [1.165, 1.54) is 6.07 Å². The summed E-state index contributed by atoms with van der Waals surface area (Å²) in [6.07, 6.45) is -0.795. The highest BCUT2D eigenvalue weighted by Gasteiger charge is 2.33. The first-order chi connectivity index (χ1) is 9.29. The van der Waals surface area contributed by atoms with Gasteiger partial charge >= 0.3 is 6.18 Å². The van der Waals surface area contributed by atoms with Crippen LogP contribution in [0.2, 0.25) is 0 Å². The molecule has 112 valence electrons. The van der Waals surface area contributed by atoms with Gasteiger partial charge in [0.1, 0.15) is 0 Å². The molecular weight excluding hydrogens is 267 g/mol. The first kappa shape index (κ1) is 15.3. The zero-order valence-electron chi connectivity index (χ0n) is 11.5. The second kappa shape index (κ2) is 5.74. The molecular formula is C15H20F3NO. The molecule has 2 nitrogen and oxygen atoms in total. The maximum Gasteiger partial charge on any atom is 0.416 e. The Morgan fingerprint density at radius 3 is 2.55 bits per heavy atom. The number of alkyl halides is 3. The van der Waals surface area contributed by atoms with Gasteiger partial charge in [0.05, 0.1) is 11.2 Å². The number of benzene rings is 1.